The Hall–Kier alpha value is -2.31. The minimum absolute atomic E-state index is 0.00900. The van der Waals surface area contributed by atoms with E-state index in [0.29, 0.717) is 5.76 Å². The second-order valence-corrected chi connectivity index (χ2v) is 5.68. The molecule has 0 aliphatic carbocycles. The summed E-state index contributed by atoms with van der Waals surface area (Å²) in [4.78, 5) is 37.4. The Labute approximate surface area is 129 Å². The fourth-order valence-electron chi connectivity index (χ4n) is 2.54. The predicted molar refractivity (Wildman–Crippen MR) is 78.8 cm³/mol. The molecule has 0 bridgehead atoms. The van der Waals surface area contributed by atoms with Crippen LogP contribution < -0.4 is 10.6 Å². The molecular formula is C15H21N3O4. The van der Waals surface area contributed by atoms with Crippen LogP contribution in [0.15, 0.2) is 22.8 Å². The number of hydrogen-bond donors (Lipinski definition) is 2. The second-order valence-electron chi connectivity index (χ2n) is 5.68. The molecule has 1 aliphatic rings. The molecular weight excluding hydrogens is 286 g/mol. The van der Waals surface area contributed by atoms with Gasteiger partial charge in [-0.15, -0.1) is 0 Å². The summed E-state index contributed by atoms with van der Waals surface area (Å²) >= 11 is 0. The van der Waals surface area contributed by atoms with Crippen molar-refractivity contribution in [3.8, 4) is 0 Å². The number of imide groups is 1. The van der Waals surface area contributed by atoms with Crippen molar-refractivity contribution in [2.75, 3.05) is 6.54 Å². The molecule has 1 aliphatic heterocycles. The summed E-state index contributed by atoms with van der Waals surface area (Å²) in [6.07, 6.45) is 3.22. The van der Waals surface area contributed by atoms with Crippen LogP contribution in [0.1, 0.15) is 39.4 Å². The van der Waals surface area contributed by atoms with Crippen LogP contribution in [0.5, 0.6) is 0 Å². The summed E-state index contributed by atoms with van der Waals surface area (Å²) in [6, 6.07) is 2.67. The average Bonchev–Trinajstić information content (AvgIpc) is 3.04. The van der Waals surface area contributed by atoms with Gasteiger partial charge in [-0.25, -0.2) is 4.79 Å². The SMILES string of the molecule is CCC[C@@H](C)NC(=O)CN1C(=O)N[C@@](C)(c2ccco2)C1=O. The molecule has 4 amide bonds. The van der Waals surface area contributed by atoms with Crippen LogP contribution in [-0.2, 0) is 15.1 Å². The summed E-state index contributed by atoms with van der Waals surface area (Å²) in [5, 5.41) is 5.35. The van der Waals surface area contributed by atoms with Gasteiger partial charge in [0.2, 0.25) is 5.91 Å². The molecule has 2 N–H and O–H groups in total. The highest BCUT2D eigenvalue weighted by atomic mass is 16.3. The van der Waals surface area contributed by atoms with Crippen molar-refractivity contribution in [3.05, 3.63) is 24.2 Å². The first-order valence-electron chi connectivity index (χ1n) is 7.36. The van der Waals surface area contributed by atoms with Gasteiger partial charge in [0.25, 0.3) is 5.91 Å². The Kier molecular flexibility index (Phi) is 4.54. The highest BCUT2D eigenvalue weighted by Gasteiger charge is 2.51. The van der Waals surface area contributed by atoms with Crippen molar-refractivity contribution in [1.82, 2.24) is 15.5 Å². The Morgan fingerprint density at radius 2 is 2.23 bits per heavy atom. The predicted octanol–water partition coefficient (Wildman–Crippen LogP) is 1.35. The van der Waals surface area contributed by atoms with Crippen molar-refractivity contribution in [2.24, 2.45) is 0 Å². The normalized spacial score (nSPS) is 22.6. The highest BCUT2D eigenvalue weighted by molar-refractivity contribution is 6.08. The van der Waals surface area contributed by atoms with E-state index in [1.54, 1.807) is 19.1 Å². The van der Waals surface area contributed by atoms with Crippen LogP contribution in [0.25, 0.3) is 0 Å². The van der Waals surface area contributed by atoms with Gasteiger partial charge in [-0.1, -0.05) is 13.3 Å². The van der Waals surface area contributed by atoms with Crippen molar-refractivity contribution in [1.29, 1.82) is 0 Å². The van der Waals surface area contributed by atoms with E-state index in [1.165, 1.54) is 6.26 Å². The van der Waals surface area contributed by atoms with E-state index in [9.17, 15) is 14.4 Å². The third kappa shape index (κ3) is 2.98. The Balaban J connectivity index is 2.05. The number of carbonyl (C=O) groups is 3. The molecule has 120 valence electrons. The van der Waals surface area contributed by atoms with Crippen molar-refractivity contribution in [3.63, 3.8) is 0 Å². The number of nitrogens with zero attached hydrogens (tertiary/aromatic N) is 1. The fraction of sp³-hybridized carbons (Fsp3) is 0.533. The average molecular weight is 307 g/mol. The fourth-order valence-corrected chi connectivity index (χ4v) is 2.54. The Morgan fingerprint density at radius 1 is 1.50 bits per heavy atom. The quantitative estimate of drug-likeness (QED) is 0.776. The summed E-state index contributed by atoms with van der Waals surface area (Å²) in [7, 11) is 0. The smallest absolute Gasteiger partial charge is 0.325 e. The van der Waals surface area contributed by atoms with Crippen LogP contribution in [0, 0.1) is 0 Å². The van der Waals surface area contributed by atoms with Crippen molar-refractivity contribution in [2.45, 2.75) is 45.2 Å². The number of carbonyl (C=O) groups excluding carboxylic acids is 3. The first-order chi connectivity index (χ1) is 10.4. The molecule has 22 heavy (non-hydrogen) atoms. The maximum absolute atomic E-state index is 12.5. The van der Waals surface area contributed by atoms with Gasteiger partial charge in [0.1, 0.15) is 12.3 Å². The second kappa shape index (κ2) is 6.21. The van der Waals surface area contributed by atoms with Crippen LogP contribution >= 0.6 is 0 Å². The molecule has 1 aromatic rings. The molecule has 0 radical (unpaired) electrons. The number of furan rings is 1. The lowest BCUT2D eigenvalue weighted by Crippen LogP contribution is -2.44. The minimum atomic E-state index is -1.27. The van der Waals surface area contributed by atoms with Gasteiger partial charge in [0.15, 0.2) is 5.54 Å². The third-order valence-electron chi connectivity index (χ3n) is 3.72. The number of urea groups is 1. The number of nitrogens with one attached hydrogen (secondary N) is 2. The monoisotopic (exact) mass is 307 g/mol. The van der Waals surface area contributed by atoms with Gasteiger partial charge in [0.05, 0.1) is 6.26 Å². The zero-order chi connectivity index (χ0) is 16.3. The molecule has 0 spiro atoms. The molecule has 0 unspecified atom stereocenters. The third-order valence-corrected chi connectivity index (χ3v) is 3.72. The zero-order valence-electron chi connectivity index (χ0n) is 13.0. The molecule has 0 aromatic carbocycles. The molecule has 2 rings (SSSR count). The largest absolute Gasteiger partial charge is 0.466 e. The number of rotatable bonds is 6. The van der Waals surface area contributed by atoms with E-state index in [0.717, 1.165) is 17.7 Å². The van der Waals surface area contributed by atoms with Crippen LogP contribution in [0.3, 0.4) is 0 Å². The Morgan fingerprint density at radius 3 is 2.82 bits per heavy atom. The maximum atomic E-state index is 12.5. The molecule has 0 saturated carbocycles. The van der Waals surface area contributed by atoms with E-state index in [2.05, 4.69) is 10.6 Å². The van der Waals surface area contributed by atoms with E-state index in [4.69, 9.17) is 4.42 Å². The van der Waals surface area contributed by atoms with E-state index in [1.807, 2.05) is 13.8 Å². The molecule has 2 heterocycles. The van der Waals surface area contributed by atoms with Crippen molar-refractivity contribution < 1.29 is 18.8 Å². The van der Waals surface area contributed by atoms with Crippen molar-refractivity contribution >= 4 is 17.8 Å². The molecule has 1 fully saturated rings. The number of hydrogen-bond acceptors (Lipinski definition) is 4. The van der Waals surface area contributed by atoms with E-state index in [-0.39, 0.29) is 18.5 Å². The molecule has 7 heteroatoms. The molecule has 2 atom stereocenters. The lowest BCUT2D eigenvalue weighted by atomic mass is 9.99. The Bertz CT molecular complexity index is 569. The van der Waals surface area contributed by atoms with Gasteiger partial charge >= 0.3 is 6.03 Å². The van der Waals surface area contributed by atoms with Gasteiger partial charge in [-0.3, -0.25) is 14.5 Å². The first kappa shape index (κ1) is 16.1. The molecule has 1 saturated heterocycles. The van der Waals surface area contributed by atoms with Crippen LogP contribution in [0.2, 0.25) is 0 Å². The van der Waals surface area contributed by atoms with Gasteiger partial charge < -0.3 is 15.1 Å². The lowest BCUT2D eigenvalue weighted by Gasteiger charge is -2.19. The first-order valence-corrected chi connectivity index (χ1v) is 7.36. The lowest BCUT2D eigenvalue weighted by molar-refractivity contribution is -0.135. The van der Waals surface area contributed by atoms with Gasteiger partial charge in [-0.2, -0.15) is 0 Å². The topological polar surface area (TPSA) is 91.7 Å². The summed E-state index contributed by atoms with van der Waals surface area (Å²) in [6.45, 7) is 5.17. The summed E-state index contributed by atoms with van der Waals surface area (Å²) in [5.41, 5.74) is -1.27. The highest BCUT2D eigenvalue weighted by Crippen LogP contribution is 2.28. The number of amides is 4. The molecule has 1 aromatic heterocycles. The van der Waals surface area contributed by atoms with Gasteiger partial charge in [0, 0.05) is 6.04 Å². The van der Waals surface area contributed by atoms with Crippen LogP contribution in [0.4, 0.5) is 4.79 Å². The van der Waals surface area contributed by atoms with Crippen LogP contribution in [-0.4, -0.2) is 35.3 Å². The minimum Gasteiger partial charge on any atom is -0.466 e. The summed E-state index contributed by atoms with van der Waals surface area (Å²) < 4.78 is 5.23. The standard InChI is InChI=1S/C15H21N3O4/c1-4-6-10(2)16-12(19)9-18-13(20)15(3,17-14(18)21)11-7-5-8-22-11/h5,7-8,10H,4,6,9H2,1-3H3,(H,16,19)(H,17,21)/t10-,15+/m1/s1. The maximum Gasteiger partial charge on any atom is 0.325 e. The summed E-state index contributed by atoms with van der Waals surface area (Å²) in [5.74, 6) is -0.507. The van der Waals surface area contributed by atoms with E-state index >= 15 is 0 Å². The van der Waals surface area contributed by atoms with E-state index < -0.39 is 17.5 Å². The molecule has 7 nitrogen and oxygen atoms in total. The zero-order valence-corrected chi connectivity index (χ0v) is 13.0. The van der Waals surface area contributed by atoms with Gasteiger partial charge in [-0.05, 0) is 32.4 Å².